The van der Waals surface area contributed by atoms with Crippen molar-refractivity contribution < 1.29 is 0 Å². The van der Waals surface area contributed by atoms with E-state index in [1.165, 1.54) is 37.8 Å². The quantitative estimate of drug-likeness (QED) is 0.897. The molecule has 1 heterocycles. The van der Waals surface area contributed by atoms with E-state index < -0.39 is 0 Å². The van der Waals surface area contributed by atoms with Gasteiger partial charge < -0.3 is 5.73 Å². The van der Waals surface area contributed by atoms with Crippen LogP contribution in [0.2, 0.25) is 0 Å². The fourth-order valence-corrected chi connectivity index (χ4v) is 4.60. The summed E-state index contributed by atoms with van der Waals surface area (Å²) in [5, 5.41) is 0. The molecule has 2 aliphatic rings. The molecule has 0 spiro atoms. The Morgan fingerprint density at radius 1 is 1.30 bits per heavy atom. The third kappa shape index (κ3) is 2.75. The van der Waals surface area contributed by atoms with E-state index in [1.807, 2.05) is 12.4 Å². The van der Waals surface area contributed by atoms with E-state index in [4.69, 9.17) is 5.73 Å². The molecule has 2 N–H and O–H groups in total. The van der Waals surface area contributed by atoms with Crippen molar-refractivity contribution in [2.45, 2.75) is 44.7 Å². The smallest absolute Gasteiger partial charge is 0.0494 e. The average Bonchev–Trinajstić information content (AvgIpc) is 3.02. The highest BCUT2D eigenvalue weighted by Gasteiger charge is 2.40. The average molecular weight is 273 g/mol. The summed E-state index contributed by atoms with van der Waals surface area (Å²) in [6.07, 6.45) is 9.60. The number of likely N-dealkylation sites (N-methyl/N-ethyl adjacent to an activating group) is 1. The molecule has 0 amide bonds. The second-order valence-electron chi connectivity index (χ2n) is 6.96. The Morgan fingerprint density at radius 2 is 2.05 bits per heavy atom. The molecule has 0 radical (unpaired) electrons. The highest BCUT2D eigenvalue weighted by Crippen LogP contribution is 2.48. The lowest BCUT2D eigenvalue weighted by Gasteiger charge is -2.35. The van der Waals surface area contributed by atoms with Gasteiger partial charge in [-0.3, -0.25) is 9.88 Å². The summed E-state index contributed by atoms with van der Waals surface area (Å²) in [5.74, 6) is 2.89. The Bertz CT molecular complexity index is 431. The van der Waals surface area contributed by atoms with Gasteiger partial charge in [-0.05, 0) is 68.7 Å². The minimum atomic E-state index is 0.140. The summed E-state index contributed by atoms with van der Waals surface area (Å²) in [7, 11) is 2.24. The van der Waals surface area contributed by atoms with Crippen molar-refractivity contribution in [1.29, 1.82) is 0 Å². The predicted molar refractivity (Wildman–Crippen MR) is 82.2 cm³/mol. The number of rotatable bonds is 5. The van der Waals surface area contributed by atoms with Crippen LogP contribution in [0.25, 0.3) is 0 Å². The molecule has 1 aromatic heterocycles. The van der Waals surface area contributed by atoms with Crippen molar-refractivity contribution in [2.75, 3.05) is 13.6 Å². The van der Waals surface area contributed by atoms with Crippen LogP contribution in [0.1, 0.15) is 44.2 Å². The first-order valence-electron chi connectivity index (χ1n) is 8.01. The van der Waals surface area contributed by atoms with E-state index in [-0.39, 0.29) is 6.04 Å². The van der Waals surface area contributed by atoms with Crippen LogP contribution in [0, 0.1) is 17.8 Å². The zero-order valence-electron chi connectivity index (χ0n) is 12.7. The molecule has 5 atom stereocenters. The van der Waals surface area contributed by atoms with E-state index in [2.05, 4.69) is 36.0 Å². The van der Waals surface area contributed by atoms with Gasteiger partial charge in [0.05, 0.1) is 0 Å². The number of nitrogens with zero attached hydrogens (tertiary/aromatic N) is 2. The van der Waals surface area contributed by atoms with Crippen molar-refractivity contribution in [3.63, 3.8) is 0 Å². The van der Waals surface area contributed by atoms with E-state index in [9.17, 15) is 0 Å². The van der Waals surface area contributed by atoms with Crippen molar-refractivity contribution in [1.82, 2.24) is 9.88 Å². The molecular weight excluding hydrogens is 246 g/mol. The van der Waals surface area contributed by atoms with Crippen LogP contribution in [0.15, 0.2) is 24.5 Å². The second-order valence-corrected chi connectivity index (χ2v) is 6.96. The maximum Gasteiger partial charge on any atom is 0.0494 e. The molecule has 2 bridgehead atoms. The SMILES string of the molecule is CC(N)C(c1ccncc1)N(C)CC1CC2CCC1C2. The van der Waals surface area contributed by atoms with Gasteiger partial charge in [0.15, 0.2) is 0 Å². The molecule has 1 aromatic rings. The van der Waals surface area contributed by atoms with E-state index in [0.717, 1.165) is 17.8 Å². The Labute approximate surface area is 122 Å². The van der Waals surface area contributed by atoms with Crippen LogP contribution in [0.4, 0.5) is 0 Å². The van der Waals surface area contributed by atoms with Crippen molar-refractivity contribution in [3.05, 3.63) is 30.1 Å². The highest BCUT2D eigenvalue weighted by molar-refractivity contribution is 5.17. The normalized spacial score (nSPS) is 31.7. The van der Waals surface area contributed by atoms with Gasteiger partial charge in [0.1, 0.15) is 0 Å². The first-order valence-corrected chi connectivity index (χ1v) is 8.01. The topological polar surface area (TPSA) is 42.1 Å². The standard InChI is InChI=1S/C17H27N3/c1-12(18)17(14-5-7-19-8-6-14)20(2)11-16-10-13-3-4-15(16)9-13/h5-8,12-13,15-17H,3-4,9-11,18H2,1-2H3. The summed E-state index contributed by atoms with van der Waals surface area (Å²) in [4.78, 5) is 6.60. The summed E-state index contributed by atoms with van der Waals surface area (Å²) in [6, 6.07) is 4.65. The van der Waals surface area contributed by atoms with Gasteiger partial charge in [0.25, 0.3) is 0 Å². The number of fused-ring (bicyclic) bond motifs is 2. The molecule has 110 valence electrons. The lowest BCUT2D eigenvalue weighted by Crippen LogP contribution is -2.40. The Hall–Kier alpha value is -0.930. The van der Waals surface area contributed by atoms with Crippen LogP contribution >= 0.6 is 0 Å². The summed E-state index contributed by atoms with van der Waals surface area (Å²) < 4.78 is 0. The number of nitrogens with two attached hydrogens (primary N) is 1. The largest absolute Gasteiger partial charge is 0.326 e. The Morgan fingerprint density at radius 3 is 2.60 bits per heavy atom. The Balaban J connectivity index is 1.68. The molecule has 0 aromatic carbocycles. The van der Waals surface area contributed by atoms with Gasteiger partial charge >= 0.3 is 0 Å². The van der Waals surface area contributed by atoms with Crippen LogP contribution < -0.4 is 5.73 Å². The molecular formula is C17H27N3. The molecule has 3 heteroatoms. The highest BCUT2D eigenvalue weighted by atomic mass is 15.1. The molecule has 2 fully saturated rings. The predicted octanol–water partition coefficient (Wildman–Crippen LogP) is 2.84. The zero-order chi connectivity index (χ0) is 14.1. The van der Waals surface area contributed by atoms with Gasteiger partial charge in [-0.2, -0.15) is 0 Å². The monoisotopic (exact) mass is 273 g/mol. The molecule has 3 nitrogen and oxygen atoms in total. The molecule has 20 heavy (non-hydrogen) atoms. The maximum absolute atomic E-state index is 6.26. The van der Waals surface area contributed by atoms with Crippen molar-refractivity contribution in [3.8, 4) is 0 Å². The summed E-state index contributed by atoms with van der Waals surface area (Å²) in [5.41, 5.74) is 7.55. The first kappa shape index (κ1) is 14.0. The van der Waals surface area contributed by atoms with E-state index in [0.29, 0.717) is 6.04 Å². The van der Waals surface area contributed by atoms with Gasteiger partial charge in [-0.25, -0.2) is 0 Å². The van der Waals surface area contributed by atoms with Crippen LogP contribution in [-0.2, 0) is 0 Å². The fourth-order valence-electron chi connectivity index (χ4n) is 4.60. The molecule has 3 rings (SSSR count). The molecule has 2 aliphatic carbocycles. The van der Waals surface area contributed by atoms with Crippen LogP contribution in [0.5, 0.6) is 0 Å². The summed E-state index contributed by atoms with van der Waals surface area (Å²) in [6.45, 7) is 3.30. The number of hydrogen-bond donors (Lipinski definition) is 1. The van der Waals surface area contributed by atoms with Crippen LogP contribution in [-0.4, -0.2) is 29.5 Å². The van der Waals surface area contributed by atoms with Gasteiger partial charge in [-0.1, -0.05) is 6.42 Å². The minimum Gasteiger partial charge on any atom is -0.326 e. The molecule has 0 aliphatic heterocycles. The molecule has 0 saturated heterocycles. The third-order valence-corrected chi connectivity index (χ3v) is 5.43. The minimum absolute atomic E-state index is 0.140. The number of hydrogen-bond acceptors (Lipinski definition) is 3. The lowest BCUT2D eigenvalue weighted by atomic mass is 9.87. The lowest BCUT2D eigenvalue weighted by molar-refractivity contribution is 0.158. The van der Waals surface area contributed by atoms with Gasteiger partial charge in [-0.15, -0.1) is 0 Å². The van der Waals surface area contributed by atoms with Crippen molar-refractivity contribution in [2.24, 2.45) is 23.5 Å². The van der Waals surface area contributed by atoms with Gasteiger partial charge in [0, 0.05) is 31.0 Å². The van der Waals surface area contributed by atoms with Crippen molar-refractivity contribution >= 4 is 0 Å². The third-order valence-electron chi connectivity index (χ3n) is 5.43. The van der Waals surface area contributed by atoms with Gasteiger partial charge in [0.2, 0.25) is 0 Å². The second kappa shape index (κ2) is 5.82. The number of pyridine rings is 1. The molecule has 5 unspecified atom stereocenters. The summed E-state index contributed by atoms with van der Waals surface area (Å²) >= 11 is 0. The van der Waals surface area contributed by atoms with E-state index >= 15 is 0 Å². The first-order chi connectivity index (χ1) is 9.65. The fraction of sp³-hybridized carbons (Fsp3) is 0.706. The maximum atomic E-state index is 6.26. The number of aromatic nitrogens is 1. The van der Waals surface area contributed by atoms with E-state index in [1.54, 1.807) is 0 Å². The van der Waals surface area contributed by atoms with Crippen LogP contribution in [0.3, 0.4) is 0 Å². The zero-order valence-corrected chi connectivity index (χ0v) is 12.7. The molecule has 2 saturated carbocycles. The Kier molecular flexibility index (Phi) is 4.08.